The zero-order valence-corrected chi connectivity index (χ0v) is 12.4. The number of primary amides is 1. The minimum absolute atomic E-state index is 0.113. The van der Waals surface area contributed by atoms with Crippen LogP contribution in [0.25, 0.3) is 0 Å². The van der Waals surface area contributed by atoms with E-state index in [0.29, 0.717) is 17.3 Å². The zero-order valence-electron chi connectivity index (χ0n) is 12.4. The van der Waals surface area contributed by atoms with Crippen molar-refractivity contribution in [2.24, 2.45) is 27.9 Å². The number of hydrazine groups is 1. The van der Waals surface area contributed by atoms with Gasteiger partial charge in [-0.1, -0.05) is 13.8 Å². The average molecular weight is 279 g/mol. The number of hydrogen-bond acceptors (Lipinski definition) is 2. The van der Waals surface area contributed by atoms with Crippen molar-refractivity contribution in [3.63, 3.8) is 0 Å². The summed E-state index contributed by atoms with van der Waals surface area (Å²) in [4.78, 5) is 22.7. The number of carbonyl (C=O) groups is 2. The highest BCUT2D eigenvalue weighted by atomic mass is 16.2. The number of nitrogens with one attached hydrogen (secondary N) is 2. The van der Waals surface area contributed by atoms with E-state index < -0.39 is 6.03 Å². The molecular formula is C15H25N3O2. The fourth-order valence-corrected chi connectivity index (χ4v) is 6.40. The standard InChI is InChI=1S/C15H25N3O2/c1-13-3-10-4-14(2,7-13)9-15(5-10,8-13)6-11(19)17-18-12(16)20/h10H,3-9H2,1-2H3,(H,17,19)(H3,16,18,20)/t10?,13-,14+,15?. The topological polar surface area (TPSA) is 84.2 Å². The van der Waals surface area contributed by atoms with Gasteiger partial charge in [0.25, 0.3) is 0 Å². The number of amides is 3. The summed E-state index contributed by atoms with van der Waals surface area (Å²) in [6.45, 7) is 4.79. The minimum Gasteiger partial charge on any atom is -0.350 e. The van der Waals surface area contributed by atoms with E-state index in [9.17, 15) is 9.59 Å². The molecule has 5 nitrogen and oxygen atoms in total. The van der Waals surface area contributed by atoms with Crippen molar-refractivity contribution in [1.29, 1.82) is 0 Å². The maximum absolute atomic E-state index is 12.1. The van der Waals surface area contributed by atoms with Crippen LogP contribution in [0.15, 0.2) is 0 Å². The molecule has 0 radical (unpaired) electrons. The minimum atomic E-state index is -0.720. The summed E-state index contributed by atoms with van der Waals surface area (Å²) in [5.74, 6) is 0.663. The predicted octanol–water partition coefficient (Wildman–Crippen LogP) is 2.07. The molecule has 4 saturated carbocycles. The van der Waals surface area contributed by atoms with E-state index in [4.69, 9.17) is 5.73 Å². The summed E-state index contributed by atoms with van der Waals surface area (Å²) < 4.78 is 0. The van der Waals surface area contributed by atoms with Crippen molar-refractivity contribution in [3.05, 3.63) is 0 Å². The lowest BCUT2D eigenvalue weighted by Crippen LogP contribution is -2.56. The van der Waals surface area contributed by atoms with Crippen LogP contribution < -0.4 is 16.6 Å². The maximum Gasteiger partial charge on any atom is 0.330 e. The van der Waals surface area contributed by atoms with Crippen molar-refractivity contribution in [2.45, 2.75) is 58.8 Å². The first-order chi connectivity index (χ1) is 9.22. The van der Waals surface area contributed by atoms with Gasteiger partial charge in [-0.3, -0.25) is 10.2 Å². The van der Waals surface area contributed by atoms with Gasteiger partial charge in [-0.25, -0.2) is 10.2 Å². The van der Waals surface area contributed by atoms with E-state index in [-0.39, 0.29) is 11.3 Å². The van der Waals surface area contributed by atoms with Gasteiger partial charge < -0.3 is 5.73 Å². The monoisotopic (exact) mass is 279 g/mol. The molecule has 0 aliphatic heterocycles. The van der Waals surface area contributed by atoms with Crippen LogP contribution in [0.4, 0.5) is 4.79 Å². The lowest BCUT2D eigenvalue weighted by Gasteiger charge is -2.65. The SMILES string of the molecule is C[C@]12CC3CC(CC(=O)NNC(N)=O)(C1)C[C@@](C)(C3)C2. The van der Waals surface area contributed by atoms with Gasteiger partial charge in [-0.15, -0.1) is 0 Å². The summed E-state index contributed by atoms with van der Waals surface area (Å²) >= 11 is 0. The third kappa shape index (κ3) is 2.38. The molecule has 4 atom stereocenters. The molecule has 0 aromatic heterocycles. The molecule has 4 N–H and O–H groups in total. The Morgan fingerprint density at radius 3 is 2.15 bits per heavy atom. The van der Waals surface area contributed by atoms with E-state index >= 15 is 0 Å². The van der Waals surface area contributed by atoms with Gasteiger partial charge in [0.15, 0.2) is 0 Å². The normalized spacial score (nSPS) is 45.2. The Morgan fingerprint density at radius 2 is 1.65 bits per heavy atom. The van der Waals surface area contributed by atoms with Crippen LogP contribution in [0, 0.1) is 22.2 Å². The summed E-state index contributed by atoms with van der Waals surface area (Å²) in [6, 6.07) is -0.720. The quantitative estimate of drug-likeness (QED) is 0.676. The Labute approximate surface area is 120 Å². The zero-order chi connectivity index (χ0) is 14.6. The molecule has 4 aliphatic carbocycles. The van der Waals surface area contributed by atoms with Crippen molar-refractivity contribution in [2.75, 3.05) is 0 Å². The van der Waals surface area contributed by atoms with E-state index in [1.54, 1.807) is 0 Å². The molecule has 4 fully saturated rings. The molecule has 4 aliphatic rings. The van der Waals surface area contributed by atoms with Gasteiger partial charge in [-0.2, -0.15) is 0 Å². The molecular weight excluding hydrogens is 254 g/mol. The summed E-state index contributed by atoms with van der Waals surface area (Å²) in [6.07, 6.45) is 7.93. The first-order valence-electron chi connectivity index (χ1n) is 7.56. The van der Waals surface area contributed by atoms with Crippen molar-refractivity contribution >= 4 is 11.9 Å². The third-order valence-electron chi connectivity index (χ3n) is 5.60. The van der Waals surface area contributed by atoms with Gasteiger partial charge in [0, 0.05) is 6.42 Å². The van der Waals surface area contributed by atoms with E-state index in [0.717, 1.165) is 18.8 Å². The molecule has 0 aromatic rings. The fraction of sp³-hybridized carbons (Fsp3) is 0.867. The molecule has 20 heavy (non-hydrogen) atoms. The molecule has 0 aromatic carbocycles. The Morgan fingerprint density at radius 1 is 1.05 bits per heavy atom. The van der Waals surface area contributed by atoms with Gasteiger partial charge in [0.05, 0.1) is 0 Å². The maximum atomic E-state index is 12.1. The number of urea groups is 1. The highest BCUT2D eigenvalue weighted by molar-refractivity contribution is 5.80. The lowest BCUT2D eigenvalue weighted by atomic mass is 9.40. The van der Waals surface area contributed by atoms with Gasteiger partial charge >= 0.3 is 6.03 Å². The molecule has 0 spiro atoms. The van der Waals surface area contributed by atoms with E-state index in [2.05, 4.69) is 24.7 Å². The van der Waals surface area contributed by atoms with Gasteiger partial charge in [-0.05, 0) is 60.7 Å². The summed E-state index contributed by atoms with van der Waals surface area (Å²) in [7, 11) is 0. The smallest absolute Gasteiger partial charge is 0.330 e. The van der Waals surface area contributed by atoms with Crippen LogP contribution in [-0.2, 0) is 4.79 Å². The lowest BCUT2D eigenvalue weighted by molar-refractivity contribution is -0.156. The van der Waals surface area contributed by atoms with Crippen LogP contribution in [-0.4, -0.2) is 11.9 Å². The molecule has 3 amide bonds. The first-order valence-corrected chi connectivity index (χ1v) is 7.56. The number of hydrogen-bond donors (Lipinski definition) is 3. The number of rotatable bonds is 2. The van der Waals surface area contributed by atoms with Crippen LogP contribution in [0.2, 0.25) is 0 Å². The Kier molecular flexibility index (Phi) is 2.82. The number of carbonyl (C=O) groups excluding carboxylic acids is 2. The van der Waals surface area contributed by atoms with Crippen LogP contribution in [0.3, 0.4) is 0 Å². The predicted molar refractivity (Wildman–Crippen MR) is 75.3 cm³/mol. The van der Waals surface area contributed by atoms with E-state index in [1.807, 2.05) is 0 Å². The Bertz CT molecular complexity index is 444. The molecule has 5 heteroatoms. The van der Waals surface area contributed by atoms with Gasteiger partial charge in [0.1, 0.15) is 0 Å². The first kappa shape index (κ1) is 13.7. The Balaban J connectivity index is 1.72. The number of nitrogens with two attached hydrogens (primary N) is 1. The van der Waals surface area contributed by atoms with E-state index in [1.165, 1.54) is 25.7 Å². The summed E-state index contributed by atoms with van der Waals surface area (Å²) in [5.41, 5.74) is 10.5. The highest BCUT2D eigenvalue weighted by Crippen LogP contribution is 2.70. The third-order valence-corrected chi connectivity index (χ3v) is 5.60. The van der Waals surface area contributed by atoms with Crippen LogP contribution in [0.1, 0.15) is 58.8 Å². The highest BCUT2D eigenvalue weighted by Gasteiger charge is 2.60. The molecule has 4 bridgehead atoms. The molecule has 112 valence electrons. The molecule has 4 rings (SSSR count). The second-order valence-electron chi connectivity index (χ2n) is 8.34. The largest absolute Gasteiger partial charge is 0.350 e. The van der Waals surface area contributed by atoms with Crippen molar-refractivity contribution < 1.29 is 9.59 Å². The van der Waals surface area contributed by atoms with Crippen LogP contribution in [0.5, 0.6) is 0 Å². The fourth-order valence-electron chi connectivity index (χ4n) is 6.40. The average Bonchev–Trinajstić information content (AvgIpc) is 2.20. The van der Waals surface area contributed by atoms with Gasteiger partial charge in [0.2, 0.25) is 5.91 Å². The van der Waals surface area contributed by atoms with Crippen molar-refractivity contribution in [1.82, 2.24) is 10.9 Å². The second kappa shape index (κ2) is 4.12. The molecule has 0 saturated heterocycles. The van der Waals surface area contributed by atoms with Crippen molar-refractivity contribution in [3.8, 4) is 0 Å². The molecule has 2 unspecified atom stereocenters. The second-order valence-corrected chi connectivity index (χ2v) is 8.34. The Hall–Kier alpha value is -1.26. The van der Waals surface area contributed by atoms with Crippen LogP contribution >= 0.6 is 0 Å². The molecule has 0 heterocycles. The summed E-state index contributed by atoms with van der Waals surface area (Å²) in [5, 5.41) is 0.